The number of aromatic nitrogens is 1. The van der Waals surface area contributed by atoms with E-state index in [2.05, 4.69) is 18.3 Å². The van der Waals surface area contributed by atoms with Crippen molar-refractivity contribution in [1.29, 1.82) is 5.26 Å². The maximum absolute atomic E-state index is 12.8. The number of amides is 1. The van der Waals surface area contributed by atoms with Crippen LogP contribution in [0.5, 0.6) is 5.75 Å². The predicted molar refractivity (Wildman–Crippen MR) is 112 cm³/mol. The van der Waals surface area contributed by atoms with Gasteiger partial charge in [0.2, 0.25) is 5.91 Å². The highest BCUT2D eigenvalue weighted by Crippen LogP contribution is 2.32. The Bertz CT molecular complexity index is 907. The van der Waals surface area contributed by atoms with Crippen LogP contribution in [0.25, 0.3) is 0 Å². The van der Waals surface area contributed by atoms with Gasteiger partial charge in [-0.15, -0.1) is 0 Å². The molecule has 1 N–H and O–H groups in total. The zero-order valence-electron chi connectivity index (χ0n) is 16.5. The first-order chi connectivity index (χ1) is 13.5. The molecule has 0 fully saturated rings. The van der Waals surface area contributed by atoms with Crippen molar-refractivity contribution >= 4 is 23.4 Å². The summed E-state index contributed by atoms with van der Waals surface area (Å²) in [4.78, 5) is 17.6. The molecule has 1 aliphatic rings. The summed E-state index contributed by atoms with van der Waals surface area (Å²) >= 11 is 1.37. The van der Waals surface area contributed by atoms with Crippen molar-refractivity contribution in [3.05, 3.63) is 47.2 Å². The van der Waals surface area contributed by atoms with Crippen LogP contribution in [0.2, 0.25) is 0 Å². The summed E-state index contributed by atoms with van der Waals surface area (Å²) in [7, 11) is 1.59. The van der Waals surface area contributed by atoms with Gasteiger partial charge in [-0.2, -0.15) is 5.26 Å². The van der Waals surface area contributed by atoms with Gasteiger partial charge in [0.1, 0.15) is 16.8 Å². The third-order valence-corrected chi connectivity index (χ3v) is 6.34. The van der Waals surface area contributed by atoms with E-state index in [1.807, 2.05) is 31.2 Å². The number of ether oxygens (including phenoxy) is 1. The Morgan fingerprint density at radius 3 is 3.00 bits per heavy atom. The van der Waals surface area contributed by atoms with Gasteiger partial charge in [0.15, 0.2) is 0 Å². The average Bonchev–Trinajstić information content (AvgIpc) is 2.71. The van der Waals surface area contributed by atoms with Crippen molar-refractivity contribution in [2.75, 3.05) is 12.4 Å². The molecule has 6 heteroatoms. The Morgan fingerprint density at radius 1 is 1.46 bits per heavy atom. The number of thioether (sulfide) groups is 1. The minimum atomic E-state index is -0.327. The minimum Gasteiger partial charge on any atom is -0.497 e. The van der Waals surface area contributed by atoms with Crippen LogP contribution in [0.3, 0.4) is 0 Å². The smallest absolute Gasteiger partial charge is 0.237 e. The molecule has 0 aliphatic heterocycles. The van der Waals surface area contributed by atoms with E-state index in [1.165, 1.54) is 17.3 Å². The maximum atomic E-state index is 12.8. The fourth-order valence-corrected chi connectivity index (χ4v) is 4.37. The van der Waals surface area contributed by atoms with Crippen LogP contribution in [0.4, 0.5) is 5.69 Å². The molecule has 0 spiro atoms. The van der Waals surface area contributed by atoms with Crippen molar-refractivity contribution in [2.24, 2.45) is 5.92 Å². The fourth-order valence-electron chi connectivity index (χ4n) is 3.38. The van der Waals surface area contributed by atoms with Gasteiger partial charge in [-0.3, -0.25) is 4.79 Å². The predicted octanol–water partition coefficient (Wildman–Crippen LogP) is 4.60. The third kappa shape index (κ3) is 4.66. The molecule has 1 aromatic heterocycles. The number of carbonyl (C=O) groups excluding carboxylic acids is 1. The molecule has 1 amide bonds. The Morgan fingerprint density at radius 2 is 2.29 bits per heavy atom. The van der Waals surface area contributed by atoms with Crippen molar-refractivity contribution in [3.8, 4) is 11.8 Å². The van der Waals surface area contributed by atoms with Gasteiger partial charge >= 0.3 is 0 Å². The monoisotopic (exact) mass is 395 g/mol. The Balaban J connectivity index is 1.78. The summed E-state index contributed by atoms with van der Waals surface area (Å²) in [5.41, 5.74) is 3.50. The highest BCUT2D eigenvalue weighted by molar-refractivity contribution is 8.00. The van der Waals surface area contributed by atoms with E-state index < -0.39 is 0 Å². The number of benzene rings is 1. The Hall–Kier alpha value is -2.52. The lowest BCUT2D eigenvalue weighted by atomic mass is 9.87. The molecule has 0 radical (unpaired) electrons. The lowest BCUT2D eigenvalue weighted by molar-refractivity contribution is -0.115. The summed E-state index contributed by atoms with van der Waals surface area (Å²) < 4.78 is 5.21. The number of hydrogen-bond acceptors (Lipinski definition) is 5. The second-order valence-electron chi connectivity index (χ2n) is 7.14. The van der Waals surface area contributed by atoms with E-state index in [0.717, 1.165) is 25.0 Å². The van der Waals surface area contributed by atoms with Crippen LogP contribution in [-0.4, -0.2) is 23.3 Å². The second kappa shape index (κ2) is 9.11. The normalized spacial score (nSPS) is 16.6. The average molecular weight is 396 g/mol. The SMILES string of the molecule is CCC(Sc1nc2c(cc1C#N)CC(C)CC2)C(=O)Nc1cccc(OC)c1. The molecule has 28 heavy (non-hydrogen) atoms. The number of anilines is 1. The number of nitrogens with one attached hydrogen (secondary N) is 1. The first kappa shape index (κ1) is 20.2. The molecule has 1 heterocycles. The zero-order valence-corrected chi connectivity index (χ0v) is 17.3. The van der Waals surface area contributed by atoms with Gasteiger partial charge < -0.3 is 10.1 Å². The number of rotatable bonds is 6. The van der Waals surface area contributed by atoms with Gasteiger partial charge in [-0.25, -0.2) is 4.98 Å². The minimum absolute atomic E-state index is 0.0993. The molecular weight excluding hydrogens is 370 g/mol. The summed E-state index contributed by atoms with van der Waals surface area (Å²) in [6, 6.07) is 11.5. The van der Waals surface area contributed by atoms with E-state index in [-0.39, 0.29) is 11.2 Å². The summed E-state index contributed by atoms with van der Waals surface area (Å²) in [5, 5.41) is 12.9. The van der Waals surface area contributed by atoms with Crippen LogP contribution in [0.1, 0.15) is 43.5 Å². The van der Waals surface area contributed by atoms with Crippen LogP contribution in [0.15, 0.2) is 35.4 Å². The number of aryl methyl sites for hydroxylation is 1. The Labute approximate surface area is 170 Å². The molecular formula is C22H25N3O2S. The molecule has 2 aromatic rings. The van der Waals surface area contributed by atoms with Crippen molar-refractivity contribution in [3.63, 3.8) is 0 Å². The lowest BCUT2D eigenvalue weighted by Crippen LogP contribution is -2.25. The van der Waals surface area contributed by atoms with Crippen LogP contribution in [-0.2, 0) is 17.6 Å². The summed E-state index contributed by atoms with van der Waals surface area (Å²) in [5.74, 6) is 1.21. The number of hydrogen-bond donors (Lipinski definition) is 1. The molecule has 3 rings (SSSR count). The molecule has 2 atom stereocenters. The molecule has 2 unspecified atom stereocenters. The summed E-state index contributed by atoms with van der Waals surface area (Å²) in [6.45, 7) is 4.20. The van der Waals surface area contributed by atoms with Crippen molar-refractivity contribution in [1.82, 2.24) is 4.98 Å². The number of carbonyl (C=O) groups is 1. The van der Waals surface area contributed by atoms with Gasteiger partial charge in [0.05, 0.1) is 17.9 Å². The highest BCUT2D eigenvalue weighted by Gasteiger charge is 2.24. The van der Waals surface area contributed by atoms with E-state index in [1.54, 1.807) is 13.2 Å². The molecule has 1 aliphatic carbocycles. The quantitative estimate of drug-likeness (QED) is 0.724. The summed E-state index contributed by atoms with van der Waals surface area (Å²) in [6.07, 6.45) is 3.66. The first-order valence-corrected chi connectivity index (χ1v) is 10.5. The maximum Gasteiger partial charge on any atom is 0.237 e. The molecule has 1 aromatic carbocycles. The molecule has 0 saturated heterocycles. The lowest BCUT2D eigenvalue weighted by Gasteiger charge is -2.22. The Kier molecular flexibility index (Phi) is 6.58. The van der Waals surface area contributed by atoms with Crippen LogP contribution >= 0.6 is 11.8 Å². The zero-order chi connectivity index (χ0) is 20.1. The van der Waals surface area contributed by atoms with Gasteiger partial charge in [-0.1, -0.05) is 31.7 Å². The molecule has 0 saturated carbocycles. The van der Waals surface area contributed by atoms with E-state index in [4.69, 9.17) is 9.72 Å². The van der Waals surface area contributed by atoms with E-state index >= 15 is 0 Å². The number of nitrogens with zero attached hydrogens (tertiary/aromatic N) is 2. The molecule has 146 valence electrons. The fraction of sp³-hybridized carbons (Fsp3) is 0.409. The largest absolute Gasteiger partial charge is 0.497 e. The third-order valence-electron chi connectivity index (χ3n) is 4.97. The van der Waals surface area contributed by atoms with Crippen LogP contribution < -0.4 is 10.1 Å². The first-order valence-electron chi connectivity index (χ1n) is 9.58. The number of nitriles is 1. The van der Waals surface area contributed by atoms with Crippen LogP contribution in [0, 0.1) is 17.2 Å². The number of methoxy groups -OCH3 is 1. The van der Waals surface area contributed by atoms with E-state index in [0.29, 0.717) is 34.4 Å². The van der Waals surface area contributed by atoms with E-state index in [9.17, 15) is 10.1 Å². The van der Waals surface area contributed by atoms with Gasteiger partial charge in [-0.05, 0) is 55.4 Å². The van der Waals surface area contributed by atoms with Crippen molar-refractivity contribution in [2.45, 2.75) is 49.8 Å². The molecule has 5 nitrogen and oxygen atoms in total. The van der Waals surface area contributed by atoms with Gasteiger partial charge in [0.25, 0.3) is 0 Å². The van der Waals surface area contributed by atoms with Crippen molar-refractivity contribution < 1.29 is 9.53 Å². The standard InChI is InChI=1S/C22H25N3O2S/c1-4-20(21(26)24-17-6-5-7-18(12-17)27-3)28-22-16(13-23)11-15-10-14(2)8-9-19(15)25-22/h5-7,11-12,14,20H,4,8-10H2,1-3H3,(H,24,26). The number of fused-ring (bicyclic) bond motifs is 1. The highest BCUT2D eigenvalue weighted by atomic mass is 32.2. The topological polar surface area (TPSA) is 75.0 Å². The molecule has 0 bridgehead atoms. The van der Waals surface area contributed by atoms with Gasteiger partial charge in [0, 0.05) is 17.4 Å². The second-order valence-corrected chi connectivity index (χ2v) is 8.33. The number of pyridine rings is 1.